The first-order valence-electron chi connectivity index (χ1n) is 1.32. The van der Waals surface area contributed by atoms with Gasteiger partial charge < -0.3 is 0 Å². The second-order valence-electron chi connectivity index (χ2n) is 0.677. The van der Waals surface area contributed by atoms with Crippen molar-refractivity contribution in [2.75, 3.05) is 0 Å². The fraction of sp³-hybridized carbons (Fsp3) is 0.667. The zero-order chi connectivity index (χ0) is 4.99. The number of rotatable bonds is 1. The maximum atomic E-state index is 9.66. The van der Waals surface area contributed by atoms with Crippen molar-refractivity contribution < 1.29 is 10.9 Å². The van der Waals surface area contributed by atoms with E-state index in [0.29, 0.717) is 0 Å². The number of carbonyl (C=O) groups is 1. The molecule has 0 N–H and O–H groups in total. The van der Waals surface area contributed by atoms with Crippen LogP contribution in [0, 0.1) is 0 Å². The summed E-state index contributed by atoms with van der Waals surface area (Å²) in [5.41, 5.74) is 0. The fourth-order valence-electron chi connectivity index (χ4n) is 0.0587. The van der Waals surface area contributed by atoms with Gasteiger partial charge in [-0.1, -0.05) is 7.43 Å². The van der Waals surface area contributed by atoms with Crippen molar-refractivity contribution in [2.45, 2.75) is 14.4 Å². The fourth-order valence-corrected chi connectivity index (χ4v) is 0.394. The SMILES string of the molecule is C.CC(=O)[O][Sn]=[O]. The molecule has 0 unspecified atom stereocenters. The summed E-state index contributed by atoms with van der Waals surface area (Å²) in [5, 5.41) is 0. The summed E-state index contributed by atoms with van der Waals surface area (Å²) in [6.45, 7) is 1.23. The van der Waals surface area contributed by atoms with Crippen LogP contribution in [0.25, 0.3) is 0 Å². The average Bonchev–Trinajstić information content (AvgIpc) is 1.35. The van der Waals surface area contributed by atoms with Crippen molar-refractivity contribution >= 4 is 27.5 Å². The van der Waals surface area contributed by atoms with Crippen LogP contribution in [0.5, 0.6) is 0 Å². The summed E-state index contributed by atoms with van der Waals surface area (Å²) in [6, 6.07) is 0. The second kappa shape index (κ2) is 6.07. The Hall–Kier alpha value is 0.0687. The van der Waals surface area contributed by atoms with Crippen LogP contribution in [0.2, 0.25) is 0 Å². The molecular weight excluding hydrogens is 203 g/mol. The minimum atomic E-state index is -1.95. The Bertz CT molecular complexity index is 70.6. The molecule has 0 saturated carbocycles. The first kappa shape index (κ1) is 10.1. The third-order valence-electron chi connectivity index (χ3n) is 0.185. The summed E-state index contributed by atoms with van der Waals surface area (Å²) < 4.78 is 13.5. The van der Waals surface area contributed by atoms with E-state index in [0.717, 1.165) is 0 Å². The zero-order valence-electron chi connectivity index (χ0n) is 3.22. The predicted molar refractivity (Wildman–Crippen MR) is 24.9 cm³/mol. The Morgan fingerprint density at radius 3 is 2.14 bits per heavy atom. The van der Waals surface area contributed by atoms with Crippen LogP contribution >= 0.6 is 0 Å². The van der Waals surface area contributed by atoms with E-state index in [1.807, 2.05) is 0 Å². The third-order valence-corrected chi connectivity index (χ3v) is 1.24. The molecule has 0 fully saturated rings. The molecule has 0 spiro atoms. The van der Waals surface area contributed by atoms with Crippen molar-refractivity contribution in [3.05, 3.63) is 0 Å². The van der Waals surface area contributed by atoms with Crippen molar-refractivity contribution in [2.24, 2.45) is 0 Å². The van der Waals surface area contributed by atoms with E-state index in [2.05, 4.69) is 3.07 Å². The molecule has 4 heteroatoms. The Morgan fingerprint density at radius 2 is 2.14 bits per heavy atom. The Balaban J connectivity index is 0. The average molecular weight is 210 g/mol. The Kier molecular flexibility index (Phi) is 8.78. The van der Waals surface area contributed by atoms with E-state index in [-0.39, 0.29) is 7.43 Å². The Labute approximate surface area is 53.2 Å². The summed E-state index contributed by atoms with van der Waals surface area (Å²) in [5.74, 6) is -0.448. The van der Waals surface area contributed by atoms with Gasteiger partial charge in [-0.15, -0.1) is 0 Å². The molecule has 0 aliphatic carbocycles. The van der Waals surface area contributed by atoms with Gasteiger partial charge in [-0.25, -0.2) is 0 Å². The van der Waals surface area contributed by atoms with Crippen molar-refractivity contribution in [1.82, 2.24) is 0 Å². The van der Waals surface area contributed by atoms with Gasteiger partial charge >= 0.3 is 45.4 Å². The summed E-state index contributed by atoms with van der Waals surface area (Å²) in [6.07, 6.45) is 0. The molecule has 0 aliphatic rings. The van der Waals surface area contributed by atoms with Gasteiger partial charge in [0.25, 0.3) is 0 Å². The van der Waals surface area contributed by atoms with E-state index in [1.165, 1.54) is 6.92 Å². The third kappa shape index (κ3) is 10.7. The number of carbonyl (C=O) groups excluding carboxylic acids is 1. The van der Waals surface area contributed by atoms with Crippen LogP contribution in [0.4, 0.5) is 0 Å². The zero-order valence-corrected chi connectivity index (χ0v) is 6.08. The predicted octanol–water partition coefficient (Wildman–Crippen LogP) is 0.150. The summed E-state index contributed by atoms with van der Waals surface area (Å²) >= 11 is -1.95. The molecule has 0 heterocycles. The van der Waals surface area contributed by atoms with Crippen LogP contribution in [-0.4, -0.2) is 27.5 Å². The molecular formula is C3H7O3Sn. The van der Waals surface area contributed by atoms with Crippen LogP contribution in [0.15, 0.2) is 0 Å². The molecule has 0 bridgehead atoms. The van der Waals surface area contributed by atoms with Gasteiger partial charge in [-0.3, -0.25) is 0 Å². The standard InChI is InChI=1S/C2H4O2.CH4.O.Sn/c1-2(3)4;;;/h1H3,(H,3,4);1H4;;/q;;;+1/p-1. The molecule has 7 heavy (non-hydrogen) atoms. The molecule has 0 atom stereocenters. The maximum absolute atomic E-state index is 9.66. The van der Waals surface area contributed by atoms with Gasteiger partial charge in [0.15, 0.2) is 0 Å². The minimum absolute atomic E-state index is 0. The van der Waals surface area contributed by atoms with Crippen molar-refractivity contribution in [3.63, 3.8) is 0 Å². The van der Waals surface area contributed by atoms with Gasteiger partial charge in [-0.2, -0.15) is 0 Å². The van der Waals surface area contributed by atoms with Crippen molar-refractivity contribution in [1.29, 1.82) is 0 Å². The van der Waals surface area contributed by atoms with Crippen LogP contribution in [0.3, 0.4) is 0 Å². The van der Waals surface area contributed by atoms with E-state index in [1.54, 1.807) is 0 Å². The molecule has 3 nitrogen and oxygen atoms in total. The quantitative estimate of drug-likeness (QED) is 0.578. The molecule has 0 aromatic rings. The number of hydrogen-bond acceptors (Lipinski definition) is 3. The molecule has 0 aliphatic heterocycles. The monoisotopic (exact) mass is 211 g/mol. The van der Waals surface area contributed by atoms with Crippen molar-refractivity contribution in [3.8, 4) is 0 Å². The molecule has 1 radical (unpaired) electrons. The van der Waals surface area contributed by atoms with Gasteiger partial charge in [-0.05, 0) is 0 Å². The van der Waals surface area contributed by atoms with E-state index >= 15 is 0 Å². The normalized spacial score (nSPS) is 5.86. The van der Waals surface area contributed by atoms with Gasteiger partial charge in [0.05, 0.1) is 0 Å². The van der Waals surface area contributed by atoms with Gasteiger partial charge in [0.1, 0.15) is 0 Å². The summed E-state index contributed by atoms with van der Waals surface area (Å²) in [7, 11) is 0. The Morgan fingerprint density at radius 1 is 1.71 bits per heavy atom. The molecule has 41 valence electrons. The molecule has 0 rings (SSSR count). The first-order chi connectivity index (χ1) is 2.77. The van der Waals surface area contributed by atoms with Crippen LogP contribution < -0.4 is 0 Å². The van der Waals surface area contributed by atoms with Crippen LogP contribution in [-0.2, 0) is 10.9 Å². The second-order valence-corrected chi connectivity index (χ2v) is 1.74. The molecule has 0 saturated heterocycles. The first-order valence-corrected chi connectivity index (χ1v) is 3.65. The summed E-state index contributed by atoms with van der Waals surface area (Å²) in [4.78, 5) is 9.66. The topological polar surface area (TPSA) is 43.4 Å². The van der Waals surface area contributed by atoms with Crippen LogP contribution in [0.1, 0.15) is 14.4 Å². The van der Waals surface area contributed by atoms with E-state index in [4.69, 9.17) is 0 Å². The van der Waals surface area contributed by atoms with Gasteiger partial charge in [0.2, 0.25) is 0 Å². The number of hydrogen-bond donors (Lipinski definition) is 0. The van der Waals surface area contributed by atoms with E-state index < -0.39 is 27.5 Å². The van der Waals surface area contributed by atoms with Gasteiger partial charge in [0, 0.05) is 0 Å². The molecule has 0 aromatic heterocycles. The molecule has 0 aromatic carbocycles. The van der Waals surface area contributed by atoms with E-state index in [9.17, 15) is 7.87 Å². The molecule has 0 amide bonds.